The molecule has 0 aliphatic carbocycles. The van der Waals surface area contributed by atoms with E-state index in [0.717, 1.165) is 16.7 Å². The van der Waals surface area contributed by atoms with Gasteiger partial charge in [0.05, 0.1) is 18.8 Å². The predicted octanol–water partition coefficient (Wildman–Crippen LogP) is 2.19. The molecule has 0 saturated heterocycles. The second-order valence-corrected chi connectivity index (χ2v) is 7.25. The number of amides is 1. The number of aliphatic hydroxyl groups excluding tert-OH is 1. The van der Waals surface area contributed by atoms with Gasteiger partial charge >= 0.3 is 5.97 Å². The second kappa shape index (κ2) is 7.89. The Hall–Kier alpha value is -3.23. The Morgan fingerprint density at radius 3 is 2.83 bits per heavy atom. The van der Waals surface area contributed by atoms with Crippen LogP contribution in [-0.4, -0.2) is 36.2 Å². The molecule has 8 heteroatoms. The molecular formula is C22H21FN2O5. The zero-order chi connectivity index (χ0) is 21.4. The van der Waals surface area contributed by atoms with Crippen LogP contribution in [0.4, 0.5) is 10.1 Å². The summed E-state index contributed by atoms with van der Waals surface area (Å²) in [4.78, 5) is 24.3. The summed E-state index contributed by atoms with van der Waals surface area (Å²) in [6.45, 7) is 2.12. The molecule has 0 fully saturated rings. The smallest absolute Gasteiger partial charge is 0.325 e. The Labute approximate surface area is 172 Å². The lowest BCUT2D eigenvalue weighted by Crippen LogP contribution is -2.45. The molecule has 0 bridgehead atoms. The standard InChI is InChI=1S/C22H21FN2O5/c1-11(26)19(22(28)29-2)24-9-12-3-5-15-13(7-12)10-30-20(15)18-16-8-14(23)4-6-17(16)25-21(18)27/h3-8,11,19,24,26H,9-10H2,1-2H3,(H,25,27)/t11-,19+/m0/s1. The van der Waals surface area contributed by atoms with Gasteiger partial charge in [0.25, 0.3) is 5.91 Å². The molecule has 0 aromatic heterocycles. The minimum atomic E-state index is -0.909. The van der Waals surface area contributed by atoms with Gasteiger partial charge in [0.15, 0.2) is 0 Å². The van der Waals surface area contributed by atoms with Gasteiger partial charge in [0, 0.05) is 28.9 Å². The van der Waals surface area contributed by atoms with E-state index in [1.54, 1.807) is 0 Å². The highest BCUT2D eigenvalue weighted by atomic mass is 19.1. The quantitative estimate of drug-likeness (QED) is 0.515. The molecule has 1 amide bonds. The summed E-state index contributed by atoms with van der Waals surface area (Å²) in [5, 5.41) is 15.5. The van der Waals surface area contributed by atoms with Crippen molar-refractivity contribution < 1.29 is 28.6 Å². The lowest BCUT2D eigenvalue weighted by molar-refractivity contribution is -0.145. The van der Waals surface area contributed by atoms with Gasteiger partial charge in [-0.05, 0) is 30.7 Å². The van der Waals surface area contributed by atoms with Gasteiger partial charge in [-0.15, -0.1) is 0 Å². The number of ether oxygens (including phenoxy) is 2. The van der Waals surface area contributed by atoms with Crippen molar-refractivity contribution >= 4 is 28.9 Å². The molecule has 2 aromatic rings. The molecule has 3 N–H and O–H groups in total. The molecule has 30 heavy (non-hydrogen) atoms. The third kappa shape index (κ3) is 3.55. The molecule has 156 valence electrons. The number of esters is 1. The fraction of sp³-hybridized carbons (Fsp3) is 0.273. The molecule has 0 saturated carbocycles. The molecule has 4 rings (SSSR count). The molecule has 7 nitrogen and oxygen atoms in total. The van der Waals surface area contributed by atoms with Crippen LogP contribution in [0.2, 0.25) is 0 Å². The first-order valence-electron chi connectivity index (χ1n) is 9.49. The average molecular weight is 412 g/mol. The van der Waals surface area contributed by atoms with Crippen molar-refractivity contribution in [3.63, 3.8) is 0 Å². The molecule has 2 aromatic carbocycles. The van der Waals surface area contributed by atoms with Crippen LogP contribution < -0.4 is 10.6 Å². The molecule has 2 heterocycles. The number of anilines is 1. The summed E-state index contributed by atoms with van der Waals surface area (Å²) in [6, 6.07) is 8.89. The fourth-order valence-electron chi connectivity index (χ4n) is 3.70. The summed E-state index contributed by atoms with van der Waals surface area (Å²) in [6.07, 6.45) is -0.909. The van der Waals surface area contributed by atoms with Crippen LogP contribution in [-0.2, 0) is 32.2 Å². The largest absolute Gasteiger partial charge is 0.487 e. The Morgan fingerprint density at radius 2 is 2.10 bits per heavy atom. The monoisotopic (exact) mass is 412 g/mol. The maximum absolute atomic E-state index is 13.7. The van der Waals surface area contributed by atoms with E-state index >= 15 is 0 Å². The average Bonchev–Trinajstić information content (AvgIpc) is 3.26. The summed E-state index contributed by atoms with van der Waals surface area (Å²) in [7, 11) is 1.27. The molecule has 2 atom stereocenters. The van der Waals surface area contributed by atoms with Gasteiger partial charge < -0.3 is 19.9 Å². The van der Waals surface area contributed by atoms with Gasteiger partial charge in [-0.2, -0.15) is 0 Å². The van der Waals surface area contributed by atoms with Crippen molar-refractivity contribution in [2.75, 3.05) is 12.4 Å². The van der Waals surface area contributed by atoms with Gasteiger partial charge in [-0.1, -0.05) is 18.2 Å². The van der Waals surface area contributed by atoms with E-state index in [0.29, 0.717) is 29.1 Å². The third-order valence-electron chi connectivity index (χ3n) is 5.20. The van der Waals surface area contributed by atoms with Crippen molar-refractivity contribution in [1.82, 2.24) is 5.32 Å². The maximum Gasteiger partial charge on any atom is 0.325 e. The van der Waals surface area contributed by atoms with E-state index in [2.05, 4.69) is 10.6 Å². The highest BCUT2D eigenvalue weighted by Crippen LogP contribution is 2.41. The molecule has 0 radical (unpaired) electrons. The fourth-order valence-corrected chi connectivity index (χ4v) is 3.70. The molecule has 0 spiro atoms. The van der Waals surface area contributed by atoms with Crippen LogP contribution in [0.3, 0.4) is 0 Å². The minimum absolute atomic E-state index is 0.275. The van der Waals surface area contributed by atoms with Crippen molar-refractivity contribution in [3.8, 4) is 0 Å². The number of rotatable bonds is 5. The van der Waals surface area contributed by atoms with Crippen LogP contribution in [0.25, 0.3) is 11.3 Å². The lowest BCUT2D eigenvalue weighted by atomic mass is 9.99. The second-order valence-electron chi connectivity index (χ2n) is 7.25. The number of fused-ring (bicyclic) bond motifs is 2. The zero-order valence-corrected chi connectivity index (χ0v) is 16.5. The Morgan fingerprint density at radius 1 is 1.30 bits per heavy atom. The van der Waals surface area contributed by atoms with Gasteiger partial charge in [0.2, 0.25) is 0 Å². The predicted molar refractivity (Wildman–Crippen MR) is 107 cm³/mol. The molecular weight excluding hydrogens is 391 g/mol. The maximum atomic E-state index is 13.7. The number of carbonyl (C=O) groups excluding carboxylic acids is 2. The van der Waals surface area contributed by atoms with E-state index in [9.17, 15) is 19.1 Å². The number of nitrogens with one attached hydrogen (secondary N) is 2. The third-order valence-corrected chi connectivity index (χ3v) is 5.20. The topological polar surface area (TPSA) is 96.9 Å². The number of benzene rings is 2. The van der Waals surface area contributed by atoms with E-state index in [-0.39, 0.29) is 12.5 Å². The van der Waals surface area contributed by atoms with Crippen molar-refractivity contribution in [1.29, 1.82) is 0 Å². The van der Waals surface area contributed by atoms with E-state index in [4.69, 9.17) is 9.47 Å². The summed E-state index contributed by atoms with van der Waals surface area (Å²) in [5.41, 5.74) is 3.86. The van der Waals surface area contributed by atoms with Crippen molar-refractivity contribution in [2.24, 2.45) is 0 Å². The van der Waals surface area contributed by atoms with Crippen LogP contribution in [0.5, 0.6) is 0 Å². The van der Waals surface area contributed by atoms with Crippen LogP contribution in [0.1, 0.15) is 29.2 Å². The Bertz CT molecular complexity index is 1060. The summed E-state index contributed by atoms with van der Waals surface area (Å²) < 4.78 is 24.2. The van der Waals surface area contributed by atoms with E-state index in [1.807, 2.05) is 18.2 Å². The molecule has 0 unspecified atom stereocenters. The SMILES string of the molecule is COC(=O)[C@H](NCc1ccc2c(c1)COC2=C1C(=O)Nc2ccc(F)cc21)[C@H](C)O. The Balaban J connectivity index is 1.61. The van der Waals surface area contributed by atoms with E-state index < -0.39 is 23.9 Å². The first-order valence-corrected chi connectivity index (χ1v) is 9.49. The van der Waals surface area contributed by atoms with Crippen LogP contribution in [0.15, 0.2) is 36.4 Å². The first-order chi connectivity index (χ1) is 14.4. The number of hydrogen-bond donors (Lipinski definition) is 3. The van der Waals surface area contributed by atoms with Crippen molar-refractivity contribution in [3.05, 3.63) is 64.5 Å². The van der Waals surface area contributed by atoms with Crippen molar-refractivity contribution in [2.45, 2.75) is 32.2 Å². The van der Waals surface area contributed by atoms with Gasteiger partial charge in [-0.25, -0.2) is 4.39 Å². The normalized spacial score (nSPS) is 18.9. The number of halogens is 1. The lowest BCUT2D eigenvalue weighted by Gasteiger charge is -2.19. The number of methoxy groups -OCH3 is 1. The number of carbonyl (C=O) groups is 2. The zero-order valence-electron chi connectivity index (χ0n) is 16.5. The minimum Gasteiger partial charge on any atom is -0.487 e. The number of hydrogen-bond acceptors (Lipinski definition) is 6. The van der Waals surface area contributed by atoms with Gasteiger partial charge in [0.1, 0.15) is 24.2 Å². The summed E-state index contributed by atoms with van der Waals surface area (Å²) >= 11 is 0. The summed E-state index contributed by atoms with van der Waals surface area (Å²) in [5.74, 6) is -0.884. The highest BCUT2D eigenvalue weighted by molar-refractivity contribution is 6.36. The van der Waals surface area contributed by atoms with E-state index in [1.165, 1.54) is 32.2 Å². The molecule has 2 aliphatic rings. The highest BCUT2D eigenvalue weighted by Gasteiger charge is 2.33. The van der Waals surface area contributed by atoms with Crippen LogP contribution in [0, 0.1) is 5.82 Å². The first kappa shape index (κ1) is 20.1. The Kier molecular flexibility index (Phi) is 5.27. The van der Waals surface area contributed by atoms with Crippen LogP contribution >= 0.6 is 0 Å². The van der Waals surface area contributed by atoms with Gasteiger partial charge in [-0.3, -0.25) is 14.9 Å². The number of aliphatic hydroxyl groups is 1. The molecule has 2 aliphatic heterocycles.